The van der Waals surface area contributed by atoms with Gasteiger partial charge in [-0.15, -0.1) is 0 Å². The summed E-state index contributed by atoms with van der Waals surface area (Å²) in [5, 5.41) is 12.8. The number of rotatable bonds is 5. The SMILES string of the molecule is CNC[C@H](O)c1cccc(OC(=O)c2ccccc2C)c1. The second kappa shape index (κ2) is 7.02. The highest BCUT2D eigenvalue weighted by Gasteiger charge is 2.12. The molecule has 4 nitrogen and oxygen atoms in total. The van der Waals surface area contributed by atoms with E-state index in [1.807, 2.05) is 19.1 Å². The fourth-order valence-electron chi connectivity index (χ4n) is 2.06. The average molecular weight is 285 g/mol. The molecule has 0 saturated carbocycles. The van der Waals surface area contributed by atoms with E-state index in [4.69, 9.17) is 4.74 Å². The van der Waals surface area contributed by atoms with Gasteiger partial charge in [-0.3, -0.25) is 0 Å². The molecule has 0 aliphatic heterocycles. The third-order valence-electron chi connectivity index (χ3n) is 3.22. The topological polar surface area (TPSA) is 58.6 Å². The molecule has 0 amide bonds. The third kappa shape index (κ3) is 3.90. The predicted molar refractivity (Wildman–Crippen MR) is 81.5 cm³/mol. The average Bonchev–Trinajstić information content (AvgIpc) is 2.48. The zero-order valence-electron chi connectivity index (χ0n) is 12.2. The van der Waals surface area contributed by atoms with Crippen molar-refractivity contribution < 1.29 is 14.6 Å². The summed E-state index contributed by atoms with van der Waals surface area (Å²) in [6, 6.07) is 14.2. The molecule has 2 aromatic rings. The maximum Gasteiger partial charge on any atom is 0.343 e. The number of ether oxygens (including phenoxy) is 1. The van der Waals surface area contributed by atoms with Crippen LogP contribution in [-0.2, 0) is 0 Å². The predicted octanol–water partition coefficient (Wildman–Crippen LogP) is 2.47. The first-order valence-electron chi connectivity index (χ1n) is 6.82. The number of aliphatic hydroxyl groups excluding tert-OH is 1. The summed E-state index contributed by atoms with van der Waals surface area (Å²) in [6.07, 6.45) is -0.632. The van der Waals surface area contributed by atoms with Crippen LogP contribution in [0.1, 0.15) is 27.6 Å². The molecule has 2 rings (SSSR count). The first kappa shape index (κ1) is 15.2. The van der Waals surface area contributed by atoms with Crippen LogP contribution in [0.4, 0.5) is 0 Å². The van der Waals surface area contributed by atoms with E-state index in [2.05, 4.69) is 5.32 Å². The first-order valence-corrected chi connectivity index (χ1v) is 6.82. The summed E-state index contributed by atoms with van der Waals surface area (Å²) < 4.78 is 5.38. The van der Waals surface area contributed by atoms with Gasteiger partial charge in [-0.05, 0) is 43.3 Å². The van der Waals surface area contributed by atoms with E-state index in [1.165, 1.54) is 0 Å². The van der Waals surface area contributed by atoms with Gasteiger partial charge in [-0.25, -0.2) is 4.79 Å². The van der Waals surface area contributed by atoms with Crippen molar-refractivity contribution >= 4 is 5.97 Å². The lowest BCUT2D eigenvalue weighted by Gasteiger charge is -2.12. The van der Waals surface area contributed by atoms with Gasteiger partial charge < -0.3 is 15.2 Å². The van der Waals surface area contributed by atoms with E-state index in [9.17, 15) is 9.90 Å². The normalized spacial score (nSPS) is 12.0. The Balaban J connectivity index is 2.15. The quantitative estimate of drug-likeness (QED) is 0.654. The Bertz CT molecular complexity index is 625. The zero-order chi connectivity index (χ0) is 15.2. The first-order chi connectivity index (χ1) is 10.1. The summed E-state index contributed by atoms with van der Waals surface area (Å²) in [5.41, 5.74) is 2.12. The molecular weight excluding hydrogens is 266 g/mol. The Morgan fingerprint density at radius 3 is 2.71 bits per heavy atom. The molecule has 2 N–H and O–H groups in total. The smallest absolute Gasteiger partial charge is 0.343 e. The molecule has 0 aliphatic carbocycles. The fourth-order valence-corrected chi connectivity index (χ4v) is 2.06. The van der Waals surface area contributed by atoms with Crippen molar-refractivity contribution in [3.8, 4) is 5.75 Å². The third-order valence-corrected chi connectivity index (χ3v) is 3.22. The van der Waals surface area contributed by atoms with Gasteiger partial charge in [0, 0.05) is 6.54 Å². The van der Waals surface area contributed by atoms with E-state index in [0.29, 0.717) is 23.4 Å². The van der Waals surface area contributed by atoms with E-state index in [0.717, 1.165) is 5.56 Å². The van der Waals surface area contributed by atoms with Gasteiger partial charge in [0.1, 0.15) is 5.75 Å². The fraction of sp³-hybridized carbons (Fsp3) is 0.235. The van der Waals surface area contributed by atoms with Gasteiger partial charge in [-0.1, -0.05) is 30.3 Å². The molecular formula is C17H19NO3. The molecule has 0 aliphatic rings. The zero-order valence-corrected chi connectivity index (χ0v) is 12.2. The van der Waals surface area contributed by atoms with E-state index >= 15 is 0 Å². The number of hydrogen-bond acceptors (Lipinski definition) is 4. The largest absolute Gasteiger partial charge is 0.423 e. The Labute approximate surface area is 124 Å². The highest BCUT2D eigenvalue weighted by Crippen LogP contribution is 2.20. The summed E-state index contributed by atoms with van der Waals surface area (Å²) in [7, 11) is 1.77. The Morgan fingerprint density at radius 1 is 1.24 bits per heavy atom. The van der Waals surface area contributed by atoms with Gasteiger partial charge in [0.25, 0.3) is 0 Å². The maximum absolute atomic E-state index is 12.1. The molecule has 0 unspecified atom stereocenters. The van der Waals surface area contributed by atoms with Gasteiger partial charge in [-0.2, -0.15) is 0 Å². The van der Waals surface area contributed by atoms with Crippen molar-refractivity contribution in [3.05, 3.63) is 65.2 Å². The molecule has 2 aromatic carbocycles. The summed E-state index contributed by atoms with van der Waals surface area (Å²) in [4.78, 5) is 12.1. The monoisotopic (exact) mass is 285 g/mol. The minimum Gasteiger partial charge on any atom is -0.423 e. The molecule has 0 heterocycles. The Morgan fingerprint density at radius 2 is 2.00 bits per heavy atom. The minimum absolute atomic E-state index is 0.395. The molecule has 0 radical (unpaired) electrons. The number of benzene rings is 2. The molecule has 0 aromatic heterocycles. The van der Waals surface area contributed by atoms with Crippen LogP contribution in [0.5, 0.6) is 5.75 Å². The lowest BCUT2D eigenvalue weighted by atomic mass is 10.1. The van der Waals surface area contributed by atoms with Gasteiger partial charge in [0.15, 0.2) is 0 Å². The van der Waals surface area contributed by atoms with Crippen LogP contribution in [0, 0.1) is 6.92 Å². The van der Waals surface area contributed by atoms with Crippen LogP contribution in [0.15, 0.2) is 48.5 Å². The van der Waals surface area contributed by atoms with Gasteiger partial charge >= 0.3 is 5.97 Å². The number of hydrogen-bond donors (Lipinski definition) is 2. The van der Waals surface area contributed by atoms with E-state index in [1.54, 1.807) is 43.4 Å². The summed E-state index contributed by atoms with van der Waals surface area (Å²) in [6.45, 7) is 2.30. The summed E-state index contributed by atoms with van der Waals surface area (Å²) in [5.74, 6) is 0.0317. The van der Waals surface area contributed by atoms with E-state index < -0.39 is 12.1 Å². The van der Waals surface area contributed by atoms with Crippen LogP contribution in [-0.4, -0.2) is 24.7 Å². The molecule has 0 bridgehead atoms. The Kier molecular flexibility index (Phi) is 5.09. The van der Waals surface area contributed by atoms with Crippen LogP contribution < -0.4 is 10.1 Å². The highest BCUT2D eigenvalue weighted by molar-refractivity contribution is 5.92. The van der Waals surface area contributed by atoms with Crippen molar-refractivity contribution in [1.82, 2.24) is 5.32 Å². The van der Waals surface area contributed by atoms with Crippen LogP contribution in [0.3, 0.4) is 0 Å². The number of carbonyl (C=O) groups excluding carboxylic acids is 1. The van der Waals surface area contributed by atoms with Crippen LogP contribution >= 0.6 is 0 Å². The second-order valence-electron chi connectivity index (χ2n) is 4.85. The summed E-state index contributed by atoms with van der Waals surface area (Å²) >= 11 is 0. The number of aryl methyl sites for hydroxylation is 1. The molecule has 4 heteroatoms. The van der Waals surface area contributed by atoms with Crippen molar-refractivity contribution in [2.24, 2.45) is 0 Å². The van der Waals surface area contributed by atoms with Crippen molar-refractivity contribution in [1.29, 1.82) is 0 Å². The second-order valence-corrected chi connectivity index (χ2v) is 4.85. The number of likely N-dealkylation sites (N-methyl/N-ethyl adjacent to an activating group) is 1. The van der Waals surface area contributed by atoms with E-state index in [-0.39, 0.29) is 0 Å². The standard InChI is InChI=1S/C17H19NO3/c1-12-6-3-4-9-15(12)17(20)21-14-8-5-7-13(10-14)16(19)11-18-2/h3-10,16,18-19H,11H2,1-2H3/t16-/m0/s1. The van der Waals surface area contributed by atoms with Crippen LogP contribution in [0.2, 0.25) is 0 Å². The number of carbonyl (C=O) groups is 1. The van der Waals surface area contributed by atoms with Gasteiger partial charge in [0.2, 0.25) is 0 Å². The molecule has 0 fully saturated rings. The van der Waals surface area contributed by atoms with Crippen LogP contribution in [0.25, 0.3) is 0 Å². The van der Waals surface area contributed by atoms with Crippen molar-refractivity contribution in [2.45, 2.75) is 13.0 Å². The lowest BCUT2D eigenvalue weighted by molar-refractivity contribution is 0.0733. The molecule has 110 valence electrons. The molecule has 21 heavy (non-hydrogen) atoms. The lowest BCUT2D eigenvalue weighted by Crippen LogP contribution is -2.17. The number of aliphatic hydroxyl groups is 1. The highest BCUT2D eigenvalue weighted by atomic mass is 16.5. The number of esters is 1. The number of nitrogens with one attached hydrogen (secondary N) is 1. The maximum atomic E-state index is 12.1. The minimum atomic E-state index is -0.632. The van der Waals surface area contributed by atoms with Crippen molar-refractivity contribution in [2.75, 3.05) is 13.6 Å². The molecule has 0 saturated heterocycles. The molecule has 0 spiro atoms. The Hall–Kier alpha value is -2.17. The molecule has 1 atom stereocenters. The van der Waals surface area contributed by atoms with Gasteiger partial charge in [0.05, 0.1) is 11.7 Å². The van der Waals surface area contributed by atoms with Crippen molar-refractivity contribution in [3.63, 3.8) is 0 Å².